The lowest BCUT2D eigenvalue weighted by atomic mass is 9.80. The smallest absolute Gasteiger partial charge is 0.282 e. The van der Waals surface area contributed by atoms with Gasteiger partial charge in [0.15, 0.2) is 0 Å². The summed E-state index contributed by atoms with van der Waals surface area (Å²) in [7, 11) is 1.60. The van der Waals surface area contributed by atoms with E-state index in [9.17, 15) is 14.9 Å². The van der Waals surface area contributed by atoms with Gasteiger partial charge in [0.2, 0.25) is 0 Å². The van der Waals surface area contributed by atoms with E-state index in [1.165, 1.54) is 18.2 Å². The minimum atomic E-state index is -0.597. The van der Waals surface area contributed by atoms with Crippen molar-refractivity contribution in [3.05, 3.63) is 38.9 Å². The standard InChI is InChI=1S/C13H15ClN2O4/c1-20-13(5-2-6-13)8-15-12(17)10-7-9(14)3-4-11(10)16(18)19/h3-4,7H,2,5-6,8H2,1H3,(H,15,17). The maximum Gasteiger partial charge on any atom is 0.282 e. The molecule has 0 aliphatic heterocycles. The third kappa shape index (κ3) is 2.91. The number of benzene rings is 1. The van der Waals surface area contributed by atoms with E-state index in [1.54, 1.807) is 7.11 Å². The van der Waals surface area contributed by atoms with Gasteiger partial charge in [-0.15, -0.1) is 0 Å². The quantitative estimate of drug-likeness (QED) is 0.669. The fourth-order valence-electron chi connectivity index (χ4n) is 2.21. The Balaban J connectivity index is 2.12. The van der Waals surface area contributed by atoms with E-state index in [1.807, 2.05) is 0 Å². The second-order valence-corrected chi connectivity index (χ2v) is 5.28. The van der Waals surface area contributed by atoms with Crippen LogP contribution in [0.5, 0.6) is 0 Å². The van der Waals surface area contributed by atoms with E-state index >= 15 is 0 Å². The highest BCUT2D eigenvalue weighted by Crippen LogP contribution is 2.34. The fourth-order valence-corrected chi connectivity index (χ4v) is 2.38. The van der Waals surface area contributed by atoms with Crippen LogP contribution in [0.1, 0.15) is 29.6 Å². The molecule has 1 saturated carbocycles. The number of nitro benzene ring substituents is 1. The Hall–Kier alpha value is -1.66. The predicted molar refractivity (Wildman–Crippen MR) is 74.0 cm³/mol. The van der Waals surface area contributed by atoms with Crippen LogP contribution in [0.2, 0.25) is 5.02 Å². The number of halogens is 1. The Kier molecular flexibility index (Phi) is 4.25. The molecule has 1 aliphatic carbocycles. The molecular weight excluding hydrogens is 284 g/mol. The molecule has 1 aromatic carbocycles. The number of ether oxygens (including phenoxy) is 1. The molecule has 0 atom stereocenters. The summed E-state index contributed by atoms with van der Waals surface area (Å²) in [6.45, 7) is 0.339. The molecule has 20 heavy (non-hydrogen) atoms. The highest BCUT2D eigenvalue weighted by Gasteiger charge is 2.37. The van der Waals surface area contributed by atoms with Gasteiger partial charge in [-0.3, -0.25) is 14.9 Å². The average molecular weight is 299 g/mol. The Morgan fingerprint density at radius 1 is 1.55 bits per heavy atom. The van der Waals surface area contributed by atoms with Crippen LogP contribution in [0, 0.1) is 10.1 Å². The van der Waals surface area contributed by atoms with Gasteiger partial charge in [0.05, 0.1) is 10.5 Å². The van der Waals surface area contributed by atoms with Gasteiger partial charge in [-0.25, -0.2) is 0 Å². The fraction of sp³-hybridized carbons (Fsp3) is 0.462. The van der Waals surface area contributed by atoms with Gasteiger partial charge < -0.3 is 10.1 Å². The van der Waals surface area contributed by atoms with Gasteiger partial charge in [-0.2, -0.15) is 0 Å². The van der Waals surface area contributed by atoms with Crippen LogP contribution in [0.4, 0.5) is 5.69 Å². The van der Waals surface area contributed by atoms with Crippen LogP contribution in [-0.4, -0.2) is 30.1 Å². The zero-order valence-corrected chi connectivity index (χ0v) is 11.8. The normalized spacial score (nSPS) is 16.3. The molecule has 2 rings (SSSR count). The van der Waals surface area contributed by atoms with Gasteiger partial charge in [0.25, 0.3) is 11.6 Å². The Bertz CT molecular complexity index is 538. The predicted octanol–water partition coefficient (Wildman–Crippen LogP) is 2.55. The van der Waals surface area contributed by atoms with E-state index in [2.05, 4.69) is 5.32 Å². The zero-order valence-electron chi connectivity index (χ0n) is 11.0. The lowest BCUT2D eigenvalue weighted by Crippen LogP contribution is -2.49. The molecule has 0 saturated heterocycles. The average Bonchev–Trinajstić information content (AvgIpc) is 2.37. The summed E-state index contributed by atoms with van der Waals surface area (Å²) in [6, 6.07) is 3.92. The summed E-state index contributed by atoms with van der Waals surface area (Å²) in [4.78, 5) is 22.4. The number of carbonyl (C=O) groups excluding carboxylic acids is 1. The lowest BCUT2D eigenvalue weighted by Gasteiger charge is -2.40. The zero-order chi connectivity index (χ0) is 14.8. The number of nitrogens with zero attached hydrogens (tertiary/aromatic N) is 1. The van der Waals surface area contributed by atoms with Gasteiger partial charge in [0.1, 0.15) is 5.56 Å². The SMILES string of the molecule is COC1(CNC(=O)c2cc(Cl)ccc2[N+](=O)[O-])CCC1. The highest BCUT2D eigenvalue weighted by molar-refractivity contribution is 6.31. The van der Waals surface area contributed by atoms with Crippen LogP contribution in [-0.2, 0) is 4.74 Å². The van der Waals surface area contributed by atoms with E-state index in [-0.39, 0.29) is 21.9 Å². The minimum Gasteiger partial charge on any atom is -0.376 e. The van der Waals surface area contributed by atoms with Crippen molar-refractivity contribution in [2.45, 2.75) is 24.9 Å². The molecule has 1 aliphatic rings. The lowest BCUT2D eigenvalue weighted by molar-refractivity contribution is -0.385. The van der Waals surface area contributed by atoms with Crippen molar-refractivity contribution < 1.29 is 14.5 Å². The summed E-state index contributed by atoms with van der Waals surface area (Å²) < 4.78 is 5.39. The molecule has 0 heterocycles. The first-order valence-corrected chi connectivity index (χ1v) is 6.62. The third-order valence-corrected chi connectivity index (χ3v) is 3.90. The number of hydrogen-bond donors (Lipinski definition) is 1. The van der Waals surface area contributed by atoms with Crippen molar-refractivity contribution in [1.29, 1.82) is 0 Å². The van der Waals surface area contributed by atoms with E-state index in [0.29, 0.717) is 6.54 Å². The largest absolute Gasteiger partial charge is 0.376 e. The molecule has 6 nitrogen and oxygen atoms in total. The molecule has 1 aromatic rings. The monoisotopic (exact) mass is 298 g/mol. The summed E-state index contributed by atoms with van der Waals surface area (Å²) in [5.41, 5.74) is -0.622. The second kappa shape index (κ2) is 5.76. The molecule has 108 valence electrons. The van der Waals surface area contributed by atoms with E-state index < -0.39 is 10.8 Å². The number of rotatable bonds is 5. The van der Waals surface area contributed by atoms with E-state index in [4.69, 9.17) is 16.3 Å². The first kappa shape index (κ1) is 14.7. The number of amides is 1. The third-order valence-electron chi connectivity index (χ3n) is 3.67. The van der Waals surface area contributed by atoms with Crippen LogP contribution < -0.4 is 5.32 Å². The van der Waals surface area contributed by atoms with Crippen molar-refractivity contribution >= 4 is 23.2 Å². The number of hydrogen-bond acceptors (Lipinski definition) is 4. The summed E-state index contributed by atoms with van der Waals surface area (Å²) >= 11 is 5.79. The molecular formula is C13H15ClN2O4. The first-order valence-electron chi connectivity index (χ1n) is 6.25. The molecule has 0 unspecified atom stereocenters. The van der Waals surface area contributed by atoms with Crippen LogP contribution >= 0.6 is 11.6 Å². The van der Waals surface area contributed by atoms with Gasteiger partial charge in [0, 0.05) is 24.7 Å². The minimum absolute atomic E-state index is 0.0342. The Morgan fingerprint density at radius 2 is 2.25 bits per heavy atom. The highest BCUT2D eigenvalue weighted by atomic mass is 35.5. The van der Waals surface area contributed by atoms with Crippen molar-refractivity contribution in [3.8, 4) is 0 Å². The van der Waals surface area contributed by atoms with Crippen LogP contribution in [0.3, 0.4) is 0 Å². The van der Waals surface area contributed by atoms with E-state index in [0.717, 1.165) is 19.3 Å². The Labute approximate surface area is 121 Å². The molecule has 7 heteroatoms. The molecule has 0 aromatic heterocycles. The Morgan fingerprint density at radius 3 is 2.75 bits per heavy atom. The van der Waals surface area contributed by atoms with Gasteiger partial charge in [-0.05, 0) is 31.4 Å². The van der Waals surface area contributed by atoms with Gasteiger partial charge in [-0.1, -0.05) is 11.6 Å². The van der Waals surface area contributed by atoms with Crippen molar-refractivity contribution in [2.75, 3.05) is 13.7 Å². The second-order valence-electron chi connectivity index (χ2n) is 4.84. The van der Waals surface area contributed by atoms with Crippen molar-refractivity contribution in [3.63, 3.8) is 0 Å². The van der Waals surface area contributed by atoms with Crippen molar-refractivity contribution in [2.24, 2.45) is 0 Å². The number of methoxy groups -OCH3 is 1. The summed E-state index contributed by atoms with van der Waals surface area (Å²) in [5.74, 6) is -0.512. The van der Waals surface area contributed by atoms with Crippen LogP contribution in [0.15, 0.2) is 18.2 Å². The van der Waals surface area contributed by atoms with Gasteiger partial charge >= 0.3 is 0 Å². The number of nitrogens with one attached hydrogen (secondary N) is 1. The first-order chi connectivity index (χ1) is 9.47. The maximum atomic E-state index is 12.1. The summed E-state index contributed by atoms with van der Waals surface area (Å²) in [5, 5.41) is 13.9. The van der Waals surface area contributed by atoms with Crippen molar-refractivity contribution in [1.82, 2.24) is 5.32 Å². The summed E-state index contributed by atoms with van der Waals surface area (Å²) in [6.07, 6.45) is 2.81. The molecule has 1 N–H and O–H groups in total. The molecule has 0 bridgehead atoms. The maximum absolute atomic E-state index is 12.1. The molecule has 0 radical (unpaired) electrons. The molecule has 1 amide bonds. The topological polar surface area (TPSA) is 81.5 Å². The molecule has 0 spiro atoms. The molecule has 1 fully saturated rings. The van der Waals surface area contributed by atoms with Crippen LogP contribution in [0.25, 0.3) is 0 Å². The number of nitro groups is 1. The number of carbonyl (C=O) groups is 1.